The van der Waals surface area contributed by atoms with Crippen molar-refractivity contribution < 1.29 is 4.74 Å². The number of rotatable bonds is 6. The number of hydrogen-bond donors (Lipinski definition) is 1. The van der Waals surface area contributed by atoms with Gasteiger partial charge in [0.1, 0.15) is 5.75 Å². The molecule has 3 nitrogen and oxygen atoms in total. The van der Waals surface area contributed by atoms with Gasteiger partial charge in [-0.25, -0.2) is 0 Å². The van der Waals surface area contributed by atoms with Gasteiger partial charge < -0.3 is 10.1 Å². The highest BCUT2D eigenvalue weighted by atomic mass is 16.5. The lowest BCUT2D eigenvalue weighted by atomic mass is 9.88. The third-order valence-corrected chi connectivity index (χ3v) is 4.54. The van der Waals surface area contributed by atoms with E-state index in [2.05, 4.69) is 48.5 Å². The van der Waals surface area contributed by atoms with Gasteiger partial charge in [0, 0.05) is 11.6 Å². The summed E-state index contributed by atoms with van der Waals surface area (Å²) < 4.78 is 5.65. The molecule has 0 aromatic heterocycles. The third kappa shape index (κ3) is 3.98. The molecule has 3 heteroatoms. The summed E-state index contributed by atoms with van der Waals surface area (Å²) in [6.07, 6.45) is 5.14. The Morgan fingerprint density at radius 3 is 2.81 bits per heavy atom. The van der Waals surface area contributed by atoms with Crippen LogP contribution in [0.1, 0.15) is 44.2 Å². The van der Waals surface area contributed by atoms with Gasteiger partial charge in [0.15, 0.2) is 0 Å². The van der Waals surface area contributed by atoms with Crippen LogP contribution in [0.5, 0.6) is 5.75 Å². The molecule has 0 spiro atoms. The van der Waals surface area contributed by atoms with Crippen LogP contribution < -0.4 is 10.1 Å². The van der Waals surface area contributed by atoms with E-state index in [0.29, 0.717) is 12.0 Å². The number of benzene rings is 1. The quantitative estimate of drug-likeness (QED) is 0.868. The van der Waals surface area contributed by atoms with E-state index >= 15 is 0 Å². The maximum absolute atomic E-state index is 5.65. The number of nitrogens with zero attached hydrogens (tertiary/aromatic N) is 1. The minimum Gasteiger partial charge on any atom is -0.496 e. The maximum Gasteiger partial charge on any atom is 0.123 e. The van der Waals surface area contributed by atoms with Gasteiger partial charge >= 0.3 is 0 Å². The van der Waals surface area contributed by atoms with Crippen LogP contribution in [0.2, 0.25) is 0 Å². The topological polar surface area (TPSA) is 24.5 Å². The molecule has 0 bridgehead atoms. The minimum atomic E-state index is 0.469. The summed E-state index contributed by atoms with van der Waals surface area (Å²) in [6.45, 7) is 5.72. The molecule has 118 valence electrons. The Labute approximate surface area is 129 Å². The van der Waals surface area contributed by atoms with Crippen LogP contribution in [-0.4, -0.2) is 38.7 Å². The van der Waals surface area contributed by atoms with Crippen LogP contribution in [0.3, 0.4) is 0 Å². The van der Waals surface area contributed by atoms with Crippen LogP contribution in [0.4, 0.5) is 0 Å². The fourth-order valence-electron chi connectivity index (χ4n) is 3.69. The molecule has 1 fully saturated rings. The molecule has 0 amide bonds. The Balaban J connectivity index is 2.37. The van der Waals surface area contributed by atoms with Crippen molar-refractivity contribution in [3.05, 3.63) is 29.8 Å². The maximum atomic E-state index is 5.65. The number of ether oxygens (including phenoxy) is 1. The highest BCUT2D eigenvalue weighted by Gasteiger charge is 2.31. The molecule has 2 rings (SSSR count). The molecule has 0 radical (unpaired) electrons. The van der Waals surface area contributed by atoms with E-state index < -0.39 is 0 Å². The molecule has 0 aliphatic carbocycles. The zero-order valence-electron chi connectivity index (χ0n) is 13.8. The van der Waals surface area contributed by atoms with Crippen molar-refractivity contribution in [3.63, 3.8) is 0 Å². The monoisotopic (exact) mass is 290 g/mol. The highest BCUT2D eigenvalue weighted by Crippen LogP contribution is 2.39. The van der Waals surface area contributed by atoms with Crippen LogP contribution >= 0.6 is 0 Å². The van der Waals surface area contributed by atoms with E-state index in [1.165, 1.54) is 44.3 Å². The van der Waals surface area contributed by atoms with Crippen molar-refractivity contribution in [2.75, 3.05) is 33.8 Å². The molecule has 1 aliphatic rings. The summed E-state index contributed by atoms with van der Waals surface area (Å²) in [5, 5.41) is 3.40. The Morgan fingerprint density at radius 2 is 2.10 bits per heavy atom. The minimum absolute atomic E-state index is 0.469. The van der Waals surface area contributed by atoms with Crippen LogP contribution in [0.25, 0.3) is 0 Å². The molecule has 2 unspecified atom stereocenters. The van der Waals surface area contributed by atoms with E-state index in [1.54, 1.807) is 7.11 Å². The predicted octanol–water partition coefficient (Wildman–Crippen LogP) is 3.47. The summed E-state index contributed by atoms with van der Waals surface area (Å²) in [5.74, 6) is 1.69. The van der Waals surface area contributed by atoms with Gasteiger partial charge in [-0.3, -0.25) is 4.90 Å². The fraction of sp³-hybridized carbons (Fsp3) is 0.667. The van der Waals surface area contributed by atoms with Crippen molar-refractivity contribution in [1.29, 1.82) is 0 Å². The number of likely N-dealkylation sites (tertiary alicyclic amines) is 1. The number of para-hydroxylation sites is 1. The molecule has 1 N–H and O–H groups in total. The Bertz CT molecular complexity index is 405. The molecule has 2 atom stereocenters. The highest BCUT2D eigenvalue weighted by molar-refractivity contribution is 5.36. The van der Waals surface area contributed by atoms with Gasteiger partial charge in [-0.2, -0.15) is 0 Å². The van der Waals surface area contributed by atoms with E-state index in [-0.39, 0.29) is 0 Å². The SMILES string of the molecule is CCCN1CCCCC(CNC)C1c1ccccc1OC. The van der Waals surface area contributed by atoms with Crippen LogP contribution in [-0.2, 0) is 0 Å². The lowest BCUT2D eigenvalue weighted by Gasteiger charge is -2.36. The molecule has 1 heterocycles. The zero-order chi connectivity index (χ0) is 15.1. The second-order valence-corrected chi connectivity index (χ2v) is 6.04. The lowest BCUT2D eigenvalue weighted by molar-refractivity contribution is 0.151. The third-order valence-electron chi connectivity index (χ3n) is 4.54. The van der Waals surface area contributed by atoms with E-state index in [0.717, 1.165) is 12.3 Å². The number of methoxy groups -OCH3 is 1. The average Bonchev–Trinajstić information content (AvgIpc) is 2.70. The van der Waals surface area contributed by atoms with Crippen LogP contribution in [0.15, 0.2) is 24.3 Å². The number of hydrogen-bond acceptors (Lipinski definition) is 3. The Morgan fingerprint density at radius 1 is 1.29 bits per heavy atom. The largest absolute Gasteiger partial charge is 0.496 e. The number of nitrogens with one attached hydrogen (secondary N) is 1. The Hall–Kier alpha value is -1.06. The molecule has 0 saturated carbocycles. The van der Waals surface area contributed by atoms with Crippen molar-refractivity contribution >= 4 is 0 Å². The summed E-state index contributed by atoms with van der Waals surface area (Å²) in [6, 6.07) is 9.02. The fourth-order valence-corrected chi connectivity index (χ4v) is 3.69. The van der Waals surface area contributed by atoms with Crippen molar-refractivity contribution in [2.24, 2.45) is 5.92 Å². The van der Waals surface area contributed by atoms with Crippen LogP contribution in [0, 0.1) is 5.92 Å². The van der Waals surface area contributed by atoms with Gasteiger partial charge in [-0.1, -0.05) is 31.5 Å². The second kappa shape index (κ2) is 8.40. The lowest BCUT2D eigenvalue weighted by Crippen LogP contribution is -2.37. The van der Waals surface area contributed by atoms with Gasteiger partial charge in [-0.05, 0) is 57.9 Å². The molecule has 21 heavy (non-hydrogen) atoms. The predicted molar refractivity (Wildman–Crippen MR) is 88.9 cm³/mol. The summed E-state index contributed by atoms with van der Waals surface area (Å²) >= 11 is 0. The second-order valence-electron chi connectivity index (χ2n) is 6.04. The van der Waals surface area contributed by atoms with Gasteiger partial charge in [0.05, 0.1) is 7.11 Å². The molecule has 1 aromatic carbocycles. The van der Waals surface area contributed by atoms with Gasteiger partial charge in [-0.15, -0.1) is 0 Å². The van der Waals surface area contributed by atoms with Crippen molar-refractivity contribution in [3.8, 4) is 5.75 Å². The van der Waals surface area contributed by atoms with E-state index in [9.17, 15) is 0 Å². The summed E-state index contributed by atoms with van der Waals surface area (Å²) in [5.41, 5.74) is 1.36. The van der Waals surface area contributed by atoms with Crippen molar-refractivity contribution in [2.45, 2.75) is 38.6 Å². The van der Waals surface area contributed by atoms with Gasteiger partial charge in [0.2, 0.25) is 0 Å². The first-order chi connectivity index (χ1) is 10.3. The first kappa shape index (κ1) is 16.3. The molecular formula is C18H30N2O. The summed E-state index contributed by atoms with van der Waals surface area (Å²) in [4.78, 5) is 2.67. The van der Waals surface area contributed by atoms with Crippen molar-refractivity contribution in [1.82, 2.24) is 10.2 Å². The molecule has 1 aromatic rings. The summed E-state index contributed by atoms with van der Waals surface area (Å²) in [7, 11) is 3.85. The smallest absolute Gasteiger partial charge is 0.123 e. The first-order valence-corrected chi connectivity index (χ1v) is 8.33. The standard InChI is InChI=1S/C18H30N2O/c1-4-12-20-13-8-7-9-15(14-19-2)18(20)16-10-5-6-11-17(16)21-3/h5-6,10-11,15,18-19H,4,7-9,12-14H2,1-3H3. The molecule has 1 aliphatic heterocycles. The van der Waals surface area contributed by atoms with Gasteiger partial charge in [0.25, 0.3) is 0 Å². The normalized spacial score (nSPS) is 23.8. The zero-order valence-corrected chi connectivity index (χ0v) is 13.8. The van der Waals surface area contributed by atoms with E-state index in [1.807, 2.05) is 0 Å². The van der Waals surface area contributed by atoms with E-state index in [4.69, 9.17) is 4.74 Å². The first-order valence-electron chi connectivity index (χ1n) is 8.33. The average molecular weight is 290 g/mol. The Kier molecular flexibility index (Phi) is 6.52. The molecular weight excluding hydrogens is 260 g/mol. The molecule has 1 saturated heterocycles.